The van der Waals surface area contributed by atoms with Gasteiger partial charge in [0.25, 0.3) is 5.67 Å². The summed E-state index contributed by atoms with van der Waals surface area (Å²) in [5, 5.41) is 4.34. The van der Waals surface area contributed by atoms with E-state index in [4.69, 9.17) is 11.1 Å². The Morgan fingerprint density at radius 2 is 0.871 bits per heavy atom. The van der Waals surface area contributed by atoms with Gasteiger partial charge >= 0.3 is 35.8 Å². The van der Waals surface area contributed by atoms with E-state index in [0.29, 0.717) is 0 Å². The van der Waals surface area contributed by atoms with Gasteiger partial charge in [-0.15, -0.1) is 0 Å². The van der Waals surface area contributed by atoms with Crippen LogP contribution in [-0.4, -0.2) is 54.5 Å². The topological polar surface area (TPSA) is 97.5 Å². The maximum Gasteiger partial charge on any atom is 0.428 e. The van der Waals surface area contributed by atoms with Crippen LogP contribution in [0.5, 0.6) is 0 Å². The van der Waals surface area contributed by atoms with Gasteiger partial charge in [0, 0.05) is 35.8 Å². The quantitative estimate of drug-likeness (QED) is 0.131. The molecular formula is C11H8F14N6. The standard InChI is InChI=1S/C11H8F14N6/c12-5(11(23,24)25,1-3-28-30-26)7(15,16)9(19,20)10(21,22)8(17,18)6(13,14)2-4-29-31-27/h1-4H2. The molecular weight excluding hydrogens is 482 g/mol. The first-order valence-corrected chi connectivity index (χ1v) is 7.29. The zero-order chi connectivity index (χ0) is 25.2. The summed E-state index contributed by atoms with van der Waals surface area (Å²) in [4.78, 5) is 3.43. The second kappa shape index (κ2) is 8.64. The SMILES string of the molecule is [N-]=[N+]=NCCC(F)(F)C(F)(F)C(F)(F)C(F)(F)C(F)(F)C(F)(CCN=[N+]=[N-])C(F)(F)F. The Kier molecular flexibility index (Phi) is 7.98. The number of halogens is 14. The molecule has 0 saturated carbocycles. The Hall–Kier alpha value is -2.36. The van der Waals surface area contributed by atoms with Gasteiger partial charge in [-0.05, 0) is 11.1 Å². The van der Waals surface area contributed by atoms with Crippen molar-refractivity contribution < 1.29 is 61.5 Å². The van der Waals surface area contributed by atoms with Crippen LogP contribution in [0.2, 0.25) is 0 Å². The molecule has 0 saturated heterocycles. The van der Waals surface area contributed by atoms with Crippen molar-refractivity contribution in [1.29, 1.82) is 0 Å². The number of nitrogens with zero attached hydrogens (tertiary/aromatic N) is 6. The lowest BCUT2D eigenvalue weighted by molar-refractivity contribution is -0.434. The summed E-state index contributed by atoms with van der Waals surface area (Å²) in [6.07, 6.45) is -12.7. The van der Waals surface area contributed by atoms with Gasteiger partial charge in [0.15, 0.2) is 0 Å². The lowest BCUT2D eigenvalue weighted by Crippen LogP contribution is -2.73. The Morgan fingerprint density at radius 1 is 0.516 bits per heavy atom. The second-order valence-corrected chi connectivity index (χ2v) is 5.71. The van der Waals surface area contributed by atoms with E-state index in [1.807, 2.05) is 0 Å². The summed E-state index contributed by atoms with van der Waals surface area (Å²) < 4.78 is 188. The minimum absolute atomic E-state index is 1.68. The molecule has 0 aromatic carbocycles. The number of hydrogen-bond acceptors (Lipinski definition) is 2. The minimum Gasteiger partial charge on any atom is -0.227 e. The minimum atomic E-state index is -8.06. The average Bonchev–Trinajstić information content (AvgIpc) is 2.60. The fourth-order valence-electron chi connectivity index (χ4n) is 1.99. The maximum atomic E-state index is 14.0. The van der Waals surface area contributed by atoms with Crippen LogP contribution in [0.4, 0.5) is 61.5 Å². The zero-order valence-corrected chi connectivity index (χ0v) is 14.3. The van der Waals surface area contributed by atoms with Crippen LogP contribution in [-0.2, 0) is 0 Å². The van der Waals surface area contributed by atoms with E-state index in [9.17, 15) is 61.5 Å². The number of rotatable bonds is 11. The maximum absolute atomic E-state index is 14.0. The molecule has 0 aliphatic heterocycles. The number of hydrogen-bond donors (Lipinski definition) is 0. The highest BCUT2D eigenvalue weighted by Gasteiger charge is 2.91. The van der Waals surface area contributed by atoms with Gasteiger partial charge in [0.2, 0.25) is 0 Å². The van der Waals surface area contributed by atoms with E-state index < -0.39 is 67.4 Å². The molecule has 0 amide bonds. The predicted molar refractivity (Wildman–Crippen MR) is 71.9 cm³/mol. The molecule has 1 atom stereocenters. The summed E-state index contributed by atoms with van der Waals surface area (Å²) in [5.74, 6) is -37.6. The van der Waals surface area contributed by atoms with Crippen molar-refractivity contribution in [2.45, 2.75) is 54.3 Å². The molecule has 180 valence electrons. The van der Waals surface area contributed by atoms with Gasteiger partial charge in [-0.25, -0.2) is 4.39 Å². The van der Waals surface area contributed by atoms with Crippen LogP contribution in [0.25, 0.3) is 20.9 Å². The number of azide groups is 2. The van der Waals surface area contributed by atoms with Crippen molar-refractivity contribution in [2.75, 3.05) is 13.1 Å². The molecule has 0 aromatic heterocycles. The van der Waals surface area contributed by atoms with Crippen LogP contribution in [0.3, 0.4) is 0 Å². The van der Waals surface area contributed by atoms with Crippen molar-refractivity contribution in [1.82, 2.24) is 0 Å². The van der Waals surface area contributed by atoms with E-state index in [2.05, 4.69) is 10.2 Å². The Labute approximate surface area is 161 Å². The van der Waals surface area contributed by atoms with Gasteiger partial charge < -0.3 is 0 Å². The molecule has 0 bridgehead atoms. The lowest BCUT2D eigenvalue weighted by atomic mass is 9.83. The van der Waals surface area contributed by atoms with Crippen LogP contribution < -0.4 is 0 Å². The van der Waals surface area contributed by atoms with E-state index in [-0.39, 0.29) is 0 Å². The van der Waals surface area contributed by atoms with E-state index in [1.54, 1.807) is 9.82 Å². The molecule has 1 unspecified atom stereocenters. The van der Waals surface area contributed by atoms with Gasteiger partial charge in [-0.1, -0.05) is 10.2 Å². The van der Waals surface area contributed by atoms with Crippen LogP contribution in [0.1, 0.15) is 12.8 Å². The monoisotopic (exact) mass is 490 g/mol. The Balaban J connectivity index is 6.59. The van der Waals surface area contributed by atoms with Crippen LogP contribution >= 0.6 is 0 Å². The predicted octanol–water partition coefficient (Wildman–Crippen LogP) is 6.83. The van der Waals surface area contributed by atoms with Crippen LogP contribution in [0, 0.1) is 0 Å². The molecule has 0 aromatic rings. The average molecular weight is 490 g/mol. The van der Waals surface area contributed by atoms with E-state index in [0.717, 1.165) is 0 Å². The van der Waals surface area contributed by atoms with E-state index in [1.165, 1.54) is 0 Å². The van der Waals surface area contributed by atoms with Crippen molar-refractivity contribution in [3.8, 4) is 0 Å². The normalized spacial score (nSPS) is 16.2. The summed E-state index contributed by atoms with van der Waals surface area (Å²) >= 11 is 0. The fraction of sp³-hybridized carbons (Fsp3) is 1.00. The van der Waals surface area contributed by atoms with Gasteiger partial charge in [-0.2, -0.15) is 57.1 Å². The molecule has 31 heavy (non-hydrogen) atoms. The highest BCUT2D eigenvalue weighted by molar-refractivity contribution is 5.15. The molecule has 0 N–H and O–H groups in total. The third-order valence-electron chi connectivity index (χ3n) is 3.80. The molecule has 0 aliphatic carbocycles. The highest BCUT2D eigenvalue weighted by atomic mass is 19.4. The fourth-order valence-corrected chi connectivity index (χ4v) is 1.99. The molecule has 0 spiro atoms. The van der Waals surface area contributed by atoms with Gasteiger partial charge in [0.05, 0.1) is 0 Å². The lowest BCUT2D eigenvalue weighted by Gasteiger charge is -2.44. The van der Waals surface area contributed by atoms with E-state index >= 15 is 0 Å². The van der Waals surface area contributed by atoms with Gasteiger partial charge in [-0.3, -0.25) is 0 Å². The summed E-state index contributed by atoms with van der Waals surface area (Å²) in [7, 11) is 0. The molecule has 20 heteroatoms. The van der Waals surface area contributed by atoms with Crippen molar-refractivity contribution >= 4 is 0 Å². The smallest absolute Gasteiger partial charge is 0.227 e. The van der Waals surface area contributed by atoms with Crippen molar-refractivity contribution in [3.05, 3.63) is 20.9 Å². The van der Waals surface area contributed by atoms with Crippen LogP contribution in [0.15, 0.2) is 10.2 Å². The highest BCUT2D eigenvalue weighted by Crippen LogP contribution is 2.63. The summed E-state index contributed by atoms with van der Waals surface area (Å²) in [6, 6.07) is 0. The third-order valence-corrected chi connectivity index (χ3v) is 3.80. The first kappa shape index (κ1) is 28.6. The Morgan fingerprint density at radius 3 is 1.23 bits per heavy atom. The molecule has 0 rings (SSSR count). The number of alkyl halides is 14. The first-order valence-electron chi connectivity index (χ1n) is 7.29. The molecule has 0 fully saturated rings. The largest absolute Gasteiger partial charge is 0.428 e. The van der Waals surface area contributed by atoms with Gasteiger partial charge in [0.1, 0.15) is 0 Å². The summed E-state index contributed by atoms with van der Waals surface area (Å²) in [5.41, 5.74) is 8.92. The zero-order valence-electron chi connectivity index (χ0n) is 14.3. The second-order valence-electron chi connectivity index (χ2n) is 5.71. The Bertz CT molecular complexity index is 736. The molecule has 0 radical (unpaired) electrons. The molecule has 0 heterocycles. The first-order chi connectivity index (χ1) is 13.6. The molecule has 0 aliphatic rings. The summed E-state index contributed by atoms with van der Waals surface area (Å²) in [6.45, 7) is -3.72. The van der Waals surface area contributed by atoms with Crippen molar-refractivity contribution in [3.63, 3.8) is 0 Å². The van der Waals surface area contributed by atoms with Crippen molar-refractivity contribution in [2.24, 2.45) is 10.2 Å². The third kappa shape index (κ3) is 4.49. The molecule has 6 nitrogen and oxygen atoms in total.